The quantitative estimate of drug-likeness (QED) is 0.461. The zero-order valence-corrected chi connectivity index (χ0v) is 6.04. The molecular formula is C4H8O2S2. The van der Waals surface area contributed by atoms with Crippen molar-refractivity contribution < 1.29 is 9.90 Å². The fourth-order valence-corrected chi connectivity index (χ4v) is 1.06. The average Bonchev–Trinajstić information content (AvgIpc) is 1.66. The molecule has 0 unspecified atom stereocenters. The number of carboxylic acid groups (broad SMARTS) is 1. The lowest BCUT2D eigenvalue weighted by atomic mass is 10.8. The molecule has 0 amide bonds. The van der Waals surface area contributed by atoms with Crippen LogP contribution in [0, 0.1) is 0 Å². The van der Waals surface area contributed by atoms with E-state index in [1.807, 2.05) is 0 Å². The van der Waals surface area contributed by atoms with E-state index in [1.165, 1.54) is 11.8 Å². The van der Waals surface area contributed by atoms with Gasteiger partial charge in [-0.1, -0.05) is 0 Å². The molecule has 0 aromatic rings. The van der Waals surface area contributed by atoms with E-state index in [0.717, 1.165) is 11.5 Å². The topological polar surface area (TPSA) is 37.3 Å². The van der Waals surface area contributed by atoms with E-state index in [9.17, 15) is 4.79 Å². The Kier molecular flexibility index (Phi) is 5.42. The van der Waals surface area contributed by atoms with Crippen LogP contribution in [0.5, 0.6) is 0 Å². The average molecular weight is 152 g/mol. The molecule has 0 atom stereocenters. The molecule has 0 bridgehead atoms. The molecule has 0 heterocycles. The molecule has 0 aromatic carbocycles. The second-order valence-electron chi connectivity index (χ2n) is 1.17. The van der Waals surface area contributed by atoms with E-state index in [0.29, 0.717) is 0 Å². The summed E-state index contributed by atoms with van der Waals surface area (Å²) in [7, 11) is 0. The third-order valence-corrected chi connectivity index (χ3v) is 1.93. The predicted molar refractivity (Wildman–Crippen MR) is 38.8 cm³/mol. The third kappa shape index (κ3) is 6.17. The zero-order chi connectivity index (χ0) is 6.41. The fraction of sp³-hybridized carbons (Fsp3) is 0.750. The van der Waals surface area contributed by atoms with E-state index < -0.39 is 5.97 Å². The summed E-state index contributed by atoms with van der Waals surface area (Å²) in [5, 5.41) is 8.09. The first-order valence-corrected chi connectivity index (χ1v) is 3.96. The second kappa shape index (κ2) is 5.31. The molecule has 0 spiro atoms. The van der Waals surface area contributed by atoms with E-state index in [2.05, 4.69) is 12.6 Å². The number of thioether (sulfide) groups is 1. The van der Waals surface area contributed by atoms with Gasteiger partial charge in [0.05, 0.1) is 5.75 Å². The van der Waals surface area contributed by atoms with Crippen LogP contribution < -0.4 is 0 Å². The molecular weight excluding hydrogens is 144 g/mol. The van der Waals surface area contributed by atoms with Crippen LogP contribution in [0.15, 0.2) is 0 Å². The lowest BCUT2D eigenvalue weighted by Crippen LogP contribution is -1.98. The zero-order valence-electron chi connectivity index (χ0n) is 4.33. The standard InChI is InChI=1S/C4H8O2S2/c5-4(6)3-8-2-1-7/h7H,1-3H2,(H,5,6). The highest BCUT2D eigenvalue weighted by molar-refractivity contribution is 8.00. The summed E-state index contributed by atoms with van der Waals surface area (Å²) in [5.74, 6) is 1.00. The molecule has 0 saturated carbocycles. The fourth-order valence-electron chi connectivity index (χ4n) is 0.224. The highest BCUT2D eigenvalue weighted by Crippen LogP contribution is 1.98. The van der Waals surface area contributed by atoms with Crippen LogP contribution in [0.4, 0.5) is 0 Å². The Balaban J connectivity index is 2.82. The van der Waals surface area contributed by atoms with Gasteiger partial charge in [-0.3, -0.25) is 4.79 Å². The number of carbonyl (C=O) groups is 1. The molecule has 0 fully saturated rings. The molecule has 0 aliphatic heterocycles. The van der Waals surface area contributed by atoms with Crippen molar-refractivity contribution in [2.45, 2.75) is 0 Å². The van der Waals surface area contributed by atoms with Crippen molar-refractivity contribution in [2.75, 3.05) is 17.3 Å². The normalized spacial score (nSPS) is 9.12. The van der Waals surface area contributed by atoms with Crippen molar-refractivity contribution in [1.29, 1.82) is 0 Å². The van der Waals surface area contributed by atoms with Gasteiger partial charge in [0.15, 0.2) is 0 Å². The summed E-state index contributed by atoms with van der Waals surface area (Å²) in [6.45, 7) is 0. The highest BCUT2D eigenvalue weighted by Gasteiger charge is 1.93. The number of aliphatic carboxylic acids is 1. The van der Waals surface area contributed by atoms with E-state index >= 15 is 0 Å². The van der Waals surface area contributed by atoms with Crippen LogP contribution in [0.1, 0.15) is 0 Å². The van der Waals surface area contributed by atoms with Crippen molar-refractivity contribution >= 4 is 30.4 Å². The minimum absolute atomic E-state index is 0.195. The lowest BCUT2D eigenvalue weighted by molar-refractivity contribution is -0.133. The molecule has 0 saturated heterocycles. The van der Waals surface area contributed by atoms with Gasteiger partial charge >= 0.3 is 5.97 Å². The smallest absolute Gasteiger partial charge is 0.313 e. The molecule has 0 rings (SSSR count). The minimum atomic E-state index is -0.753. The summed E-state index contributed by atoms with van der Waals surface area (Å²) in [6, 6.07) is 0. The van der Waals surface area contributed by atoms with Gasteiger partial charge in [-0.15, -0.1) is 11.8 Å². The van der Waals surface area contributed by atoms with E-state index in [1.54, 1.807) is 0 Å². The molecule has 0 aromatic heterocycles. The Hall–Kier alpha value is 0.170. The monoisotopic (exact) mass is 152 g/mol. The van der Waals surface area contributed by atoms with Gasteiger partial charge in [0.2, 0.25) is 0 Å². The second-order valence-corrected chi connectivity index (χ2v) is 2.72. The van der Waals surface area contributed by atoms with Gasteiger partial charge in [-0.05, 0) is 5.75 Å². The predicted octanol–water partition coefficient (Wildman–Crippen LogP) is 0.734. The Morgan fingerprint density at radius 3 is 2.75 bits per heavy atom. The lowest BCUT2D eigenvalue weighted by Gasteiger charge is -1.90. The Morgan fingerprint density at radius 2 is 2.38 bits per heavy atom. The molecule has 0 radical (unpaired) electrons. The van der Waals surface area contributed by atoms with Gasteiger partial charge < -0.3 is 5.11 Å². The number of carboxylic acids is 1. The first-order chi connectivity index (χ1) is 3.77. The molecule has 4 heteroatoms. The molecule has 0 aliphatic carbocycles. The molecule has 1 N–H and O–H groups in total. The highest BCUT2D eigenvalue weighted by atomic mass is 32.2. The maximum absolute atomic E-state index is 9.83. The Labute approximate surface area is 58.1 Å². The first kappa shape index (κ1) is 8.17. The molecule has 0 aliphatic rings. The van der Waals surface area contributed by atoms with Gasteiger partial charge in [-0.25, -0.2) is 0 Å². The molecule has 2 nitrogen and oxygen atoms in total. The Bertz CT molecular complexity index is 74.4. The number of rotatable bonds is 4. The van der Waals surface area contributed by atoms with Crippen molar-refractivity contribution in [2.24, 2.45) is 0 Å². The summed E-state index contributed by atoms with van der Waals surface area (Å²) < 4.78 is 0. The SMILES string of the molecule is O=C(O)CSCCS. The molecule has 48 valence electrons. The van der Waals surface area contributed by atoms with Crippen LogP contribution in [0.3, 0.4) is 0 Å². The van der Waals surface area contributed by atoms with Crippen LogP contribution >= 0.6 is 24.4 Å². The Morgan fingerprint density at radius 1 is 1.75 bits per heavy atom. The van der Waals surface area contributed by atoms with Crippen LogP contribution in [0.25, 0.3) is 0 Å². The summed E-state index contributed by atoms with van der Waals surface area (Å²) in [5.41, 5.74) is 0. The third-order valence-electron chi connectivity index (χ3n) is 0.461. The van der Waals surface area contributed by atoms with Crippen molar-refractivity contribution in [1.82, 2.24) is 0 Å². The van der Waals surface area contributed by atoms with Gasteiger partial charge in [0.1, 0.15) is 0 Å². The number of hydrogen-bond donors (Lipinski definition) is 2. The van der Waals surface area contributed by atoms with Crippen molar-refractivity contribution in [3.8, 4) is 0 Å². The van der Waals surface area contributed by atoms with Crippen LogP contribution in [-0.2, 0) is 4.79 Å². The number of hydrogen-bond acceptors (Lipinski definition) is 3. The maximum Gasteiger partial charge on any atom is 0.313 e. The largest absolute Gasteiger partial charge is 0.481 e. The van der Waals surface area contributed by atoms with Gasteiger partial charge in [0, 0.05) is 5.75 Å². The molecule has 8 heavy (non-hydrogen) atoms. The summed E-state index contributed by atoms with van der Waals surface area (Å²) >= 11 is 5.29. The van der Waals surface area contributed by atoms with Crippen molar-refractivity contribution in [3.63, 3.8) is 0 Å². The number of thiol groups is 1. The van der Waals surface area contributed by atoms with Gasteiger partial charge in [0.25, 0.3) is 0 Å². The first-order valence-electron chi connectivity index (χ1n) is 2.17. The van der Waals surface area contributed by atoms with Gasteiger partial charge in [-0.2, -0.15) is 12.6 Å². The minimum Gasteiger partial charge on any atom is -0.481 e. The summed E-state index contributed by atoms with van der Waals surface area (Å²) in [6.07, 6.45) is 0. The van der Waals surface area contributed by atoms with E-state index in [-0.39, 0.29) is 5.75 Å². The van der Waals surface area contributed by atoms with Crippen LogP contribution in [0.2, 0.25) is 0 Å². The van der Waals surface area contributed by atoms with Crippen molar-refractivity contribution in [3.05, 3.63) is 0 Å². The summed E-state index contributed by atoms with van der Waals surface area (Å²) in [4.78, 5) is 9.83. The van der Waals surface area contributed by atoms with Crippen LogP contribution in [-0.4, -0.2) is 28.3 Å². The maximum atomic E-state index is 9.83. The van der Waals surface area contributed by atoms with E-state index in [4.69, 9.17) is 5.11 Å².